The fourth-order valence-corrected chi connectivity index (χ4v) is 9.30. The molecule has 0 spiro atoms. The van der Waals surface area contributed by atoms with Crippen molar-refractivity contribution in [1.29, 1.82) is 0 Å². The van der Waals surface area contributed by atoms with Gasteiger partial charge in [0.15, 0.2) is 0 Å². The highest BCUT2D eigenvalue weighted by Gasteiger charge is 2.29. The van der Waals surface area contributed by atoms with E-state index >= 15 is 0 Å². The quantitative estimate of drug-likeness (QED) is 0.0361. The highest BCUT2D eigenvalue weighted by atomic mass is 32.2. The third-order valence-electron chi connectivity index (χ3n) is 12.1. The van der Waals surface area contributed by atoms with Crippen LogP contribution in [0.5, 0.6) is 0 Å². The molecule has 0 heterocycles. The molecule has 1 aromatic rings. The van der Waals surface area contributed by atoms with Gasteiger partial charge in [-0.3, -0.25) is 28.2 Å². The number of esters is 4. The lowest BCUT2D eigenvalue weighted by molar-refractivity contribution is -0.158. The van der Waals surface area contributed by atoms with Crippen molar-refractivity contribution >= 4 is 52.2 Å². The Morgan fingerprint density at radius 1 is 0.528 bits per heavy atom. The van der Waals surface area contributed by atoms with Crippen molar-refractivity contribution in [3.63, 3.8) is 0 Å². The third kappa shape index (κ3) is 38.8. The summed E-state index contributed by atoms with van der Waals surface area (Å²) in [5, 5.41) is 5.41. The fraction of sp³-hybridized carbons (Fsp3) is 0.793. The van der Waals surface area contributed by atoms with Crippen LogP contribution in [0, 0.1) is 0 Å². The molecule has 0 saturated heterocycles. The lowest BCUT2D eigenvalue weighted by Gasteiger charge is -2.25. The summed E-state index contributed by atoms with van der Waals surface area (Å²) in [4.78, 5) is 77.3. The van der Waals surface area contributed by atoms with Crippen LogP contribution in [0.25, 0.3) is 0 Å². The van der Waals surface area contributed by atoms with Gasteiger partial charge < -0.3 is 29.6 Å². The Balaban J connectivity index is 2.69. The van der Waals surface area contributed by atoms with E-state index in [-0.39, 0.29) is 61.7 Å². The van der Waals surface area contributed by atoms with E-state index in [1.54, 1.807) is 41.5 Å². The van der Waals surface area contributed by atoms with E-state index < -0.39 is 63.9 Å². The predicted octanol–water partition coefficient (Wildman–Crippen LogP) is 13.7. The van der Waals surface area contributed by atoms with Gasteiger partial charge in [0, 0.05) is 53.5 Å². The molecule has 0 aliphatic rings. The molecule has 0 bridgehead atoms. The highest BCUT2D eigenvalue weighted by Crippen LogP contribution is 2.18. The van der Waals surface area contributed by atoms with Crippen molar-refractivity contribution in [1.82, 2.24) is 5.32 Å². The summed E-state index contributed by atoms with van der Waals surface area (Å²) >= 11 is 0. The molecule has 0 radical (unpaired) electrons. The molecular weight excluding hydrogens is 933 g/mol. The van der Waals surface area contributed by atoms with Crippen LogP contribution >= 0.6 is 0 Å². The summed E-state index contributed by atoms with van der Waals surface area (Å²) in [6, 6.07) is 4.93. The zero-order chi connectivity index (χ0) is 53.5. The average molecular weight is 1030 g/mol. The normalized spacial score (nSPS) is 12.9. The van der Waals surface area contributed by atoms with Crippen molar-refractivity contribution in [2.45, 2.75) is 278 Å². The van der Waals surface area contributed by atoms with Crippen LogP contribution in [0.2, 0.25) is 0 Å². The second-order valence-corrected chi connectivity index (χ2v) is 23.3. The van der Waals surface area contributed by atoms with Gasteiger partial charge >= 0.3 is 23.9 Å². The van der Waals surface area contributed by atoms with Gasteiger partial charge in [0.1, 0.15) is 30.0 Å². The number of carbonyl (C=O) groups excluding carboxylic acids is 6. The topological polar surface area (TPSA) is 180 Å². The van der Waals surface area contributed by atoms with E-state index in [2.05, 4.69) is 24.5 Å². The first kappa shape index (κ1) is 66.2. The number of ether oxygens (including phenoxy) is 4. The molecule has 2 N–H and O–H groups in total. The number of rotatable bonds is 43. The van der Waals surface area contributed by atoms with Crippen LogP contribution in [-0.4, -0.2) is 81.4 Å². The van der Waals surface area contributed by atoms with E-state index in [9.17, 15) is 33.0 Å². The van der Waals surface area contributed by atoms with Gasteiger partial charge in [0.05, 0.1) is 5.75 Å². The van der Waals surface area contributed by atoms with Crippen LogP contribution < -0.4 is 10.6 Å². The highest BCUT2D eigenvalue weighted by molar-refractivity contribution is 7.85. The maximum absolute atomic E-state index is 13.3. The summed E-state index contributed by atoms with van der Waals surface area (Å²) in [6.07, 6.45) is 30.5. The largest absolute Gasteiger partial charge is 0.462 e. The maximum atomic E-state index is 13.3. The average Bonchev–Trinajstić information content (AvgIpc) is 3.30. The number of benzene rings is 1. The van der Waals surface area contributed by atoms with Crippen molar-refractivity contribution in [2.24, 2.45) is 0 Å². The Labute approximate surface area is 438 Å². The molecule has 72 heavy (non-hydrogen) atoms. The van der Waals surface area contributed by atoms with Crippen molar-refractivity contribution < 1.29 is 51.9 Å². The molecule has 1 rings (SSSR count). The van der Waals surface area contributed by atoms with E-state index in [0.29, 0.717) is 12.1 Å². The summed E-state index contributed by atoms with van der Waals surface area (Å²) in [7, 11) is -1.58. The first-order valence-corrected chi connectivity index (χ1v) is 29.7. The third-order valence-corrected chi connectivity index (χ3v) is 13.5. The lowest BCUT2D eigenvalue weighted by Crippen LogP contribution is -2.44. The van der Waals surface area contributed by atoms with Crippen molar-refractivity contribution in [3.05, 3.63) is 29.8 Å². The second kappa shape index (κ2) is 40.6. The molecule has 414 valence electrons. The molecule has 0 aromatic heterocycles. The van der Waals surface area contributed by atoms with Gasteiger partial charge in [-0.25, -0.2) is 4.79 Å². The van der Waals surface area contributed by atoms with E-state index in [1.165, 1.54) is 140 Å². The Kier molecular flexibility index (Phi) is 37.3. The zero-order valence-electron chi connectivity index (χ0n) is 46.4. The Morgan fingerprint density at radius 3 is 1.40 bits per heavy atom. The second-order valence-electron chi connectivity index (χ2n) is 21.7. The number of anilines is 1. The van der Waals surface area contributed by atoms with Gasteiger partial charge in [-0.2, -0.15) is 0 Å². The Morgan fingerprint density at radius 2 is 0.958 bits per heavy atom. The molecule has 0 fully saturated rings. The molecule has 14 heteroatoms. The number of hydrogen-bond donors (Lipinski definition) is 2. The number of unbranched alkanes of at least 4 members (excludes halogenated alkanes) is 24. The number of amides is 2. The van der Waals surface area contributed by atoms with Gasteiger partial charge in [0.2, 0.25) is 5.91 Å². The summed E-state index contributed by atoms with van der Waals surface area (Å²) in [5.41, 5.74) is -0.923. The molecule has 2 unspecified atom stereocenters. The standard InChI is InChI=1S/C58H100N2O11S/c1-9-11-13-15-17-19-21-23-25-27-29-31-33-35-52(62)68-45-49(69-53(63)36-34-32-30-28-26-24-22-20-18-16-14-12-10-2)46-72(67)44-43-51(61)59-48-39-37-47(38-40-48)55(65)60-50(56(66)71-58(6,7)8)41-42-54(64)70-57(3,4)5/h37-40,49-50H,9-36,41-46H2,1-8H3,(H,59,61)(H,60,65)/t49?,50-,72?/m0/s1. The molecular formula is C58H100N2O11S. The SMILES string of the molecule is CCCCCCCCCCCCCCCC(=O)OCC(CS(=O)CCC(=O)Nc1ccc(C(=O)N[C@@H](CCC(=O)OC(C)(C)C)C(=O)OC(C)(C)C)cc1)OC(=O)CCCCCCCCCCCCCCC. The first-order chi connectivity index (χ1) is 34.3. The first-order valence-electron chi connectivity index (χ1n) is 28.2. The van der Waals surface area contributed by atoms with E-state index in [0.717, 1.165) is 44.9 Å². The molecule has 0 aliphatic heterocycles. The van der Waals surface area contributed by atoms with Gasteiger partial charge in [0.25, 0.3) is 5.91 Å². The van der Waals surface area contributed by atoms with E-state index in [1.807, 2.05) is 0 Å². The number of hydrogen-bond acceptors (Lipinski definition) is 11. The van der Waals surface area contributed by atoms with Crippen LogP contribution in [0.4, 0.5) is 5.69 Å². The van der Waals surface area contributed by atoms with E-state index in [4.69, 9.17) is 18.9 Å². The molecule has 3 atom stereocenters. The minimum absolute atomic E-state index is 0.0124. The zero-order valence-corrected chi connectivity index (χ0v) is 47.2. The predicted molar refractivity (Wildman–Crippen MR) is 291 cm³/mol. The molecule has 0 saturated carbocycles. The summed E-state index contributed by atoms with van der Waals surface area (Å²) < 4.78 is 35.5. The maximum Gasteiger partial charge on any atom is 0.329 e. The van der Waals surface area contributed by atoms with Crippen LogP contribution in [0.15, 0.2) is 24.3 Å². The minimum Gasteiger partial charge on any atom is -0.462 e. The minimum atomic E-state index is -1.58. The van der Waals surface area contributed by atoms with Crippen LogP contribution in [0.3, 0.4) is 0 Å². The smallest absolute Gasteiger partial charge is 0.329 e. The van der Waals surface area contributed by atoms with Gasteiger partial charge in [-0.15, -0.1) is 0 Å². The van der Waals surface area contributed by atoms with Gasteiger partial charge in [-0.05, 0) is 85.1 Å². The van der Waals surface area contributed by atoms with Crippen molar-refractivity contribution in [2.75, 3.05) is 23.4 Å². The monoisotopic (exact) mass is 1030 g/mol. The van der Waals surface area contributed by atoms with Gasteiger partial charge in [-0.1, -0.05) is 168 Å². The van der Waals surface area contributed by atoms with Crippen LogP contribution in [-0.2, 0) is 53.7 Å². The lowest BCUT2D eigenvalue weighted by atomic mass is 10.0. The molecule has 13 nitrogen and oxygen atoms in total. The summed E-state index contributed by atoms with van der Waals surface area (Å²) in [6.45, 7) is 14.6. The molecule has 0 aliphatic carbocycles. The number of carbonyl (C=O) groups is 6. The Bertz CT molecular complexity index is 1670. The summed E-state index contributed by atoms with van der Waals surface area (Å²) in [5.74, 6) is -3.05. The fourth-order valence-electron chi connectivity index (χ4n) is 8.14. The number of nitrogens with one attached hydrogen (secondary N) is 2. The molecule has 2 amide bonds. The van der Waals surface area contributed by atoms with Crippen LogP contribution in [0.1, 0.15) is 265 Å². The Hall–Kier alpha value is -3.81. The van der Waals surface area contributed by atoms with Crippen molar-refractivity contribution in [3.8, 4) is 0 Å². The molecule has 1 aromatic carbocycles.